The molecule has 100 valence electrons. The van der Waals surface area contributed by atoms with Gasteiger partial charge in [-0.15, -0.1) is 0 Å². The van der Waals surface area contributed by atoms with Crippen LogP contribution in [0.1, 0.15) is 35.7 Å². The lowest BCUT2D eigenvalue weighted by molar-refractivity contribution is 0.0924. The Kier molecular flexibility index (Phi) is 5.22. The number of amides is 1. The molecule has 0 bridgehead atoms. The van der Waals surface area contributed by atoms with Crippen molar-refractivity contribution >= 4 is 5.91 Å². The van der Waals surface area contributed by atoms with Gasteiger partial charge in [0.2, 0.25) is 0 Å². The fraction of sp³-hybridized carbons (Fsp3) is 0.462. The van der Waals surface area contributed by atoms with Crippen LogP contribution in [0.4, 0.5) is 8.78 Å². The molecule has 0 saturated heterocycles. The zero-order valence-electron chi connectivity index (χ0n) is 10.5. The minimum absolute atomic E-state index is 0.0659. The maximum absolute atomic E-state index is 13.5. The molecule has 0 aliphatic heterocycles. The highest BCUT2D eigenvalue weighted by molar-refractivity contribution is 5.94. The molecule has 0 aliphatic rings. The molecule has 1 aromatic rings. The number of hydrogen-bond acceptors (Lipinski definition) is 2. The molecule has 1 atom stereocenters. The maximum atomic E-state index is 13.5. The maximum Gasteiger partial charge on any atom is 0.254 e. The lowest BCUT2D eigenvalue weighted by Crippen LogP contribution is -2.35. The smallest absolute Gasteiger partial charge is 0.254 e. The van der Waals surface area contributed by atoms with Crippen molar-refractivity contribution < 1.29 is 18.7 Å². The molecule has 0 spiro atoms. The largest absolute Gasteiger partial charge is 0.396 e. The van der Waals surface area contributed by atoms with Crippen molar-refractivity contribution in [2.75, 3.05) is 6.61 Å². The van der Waals surface area contributed by atoms with Gasteiger partial charge in [0.25, 0.3) is 5.91 Å². The van der Waals surface area contributed by atoms with Gasteiger partial charge in [0.05, 0.1) is 5.56 Å². The van der Waals surface area contributed by atoms with Gasteiger partial charge in [-0.1, -0.05) is 6.92 Å². The van der Waals surface area contributed by atoms with E-state index in [0.717, 1.165) is 12.1 Å². The van der Waals surface area contributed by atoms with E-state index in [9.17, 15) is 13.6 Å². The minimum atomic E-state index is -0.745. The number of carbonyl (C=O) groups is 1. The third-order valence-corrected chi connectivity index (χ3v) is 2.80. The van der Waals surface area contributed by atoms with Crippen molar-refractivity contribution in [2.24, 2.45) is 0 Å². The van der Waals surface area contributed by atoms with E-state index in [4.69, 9.17) is 5.11 Å². The minimum Gasteiger partial charge on any atom is -0.396 e. The molecule has 2 N–H and O–H groups in total. The SMILES string of the molecule is CCC(CCO)NC(=O)c1cc(F)c(C)cc1F. The Balaban J connectivity index is 2.87. The van der Waals surface area contributed by atoms with Crippen molar-refractivity contribution in [3.63, 3.8) is 0 Å². The second-order valence-electron chi connectivity index (χ2n) is 4.17. The fourth-order valence-electron chi connectivity index (χ4n) is 1.62. The van der Waals surface area contributed by atoms with E-state index in [0.29, 0.717) is 12.8 Å². The van der Waals surface area contributed by atoms with Crippen LogP contribution in [0, 0.1) is 18.6 Å². The normalized spacial score (nSPS) is 12.3. The highest BCUT2D eigenvalue weighted by Crippen LogP contribution is 2.14. The van der Waals surface area contributed by atoms with E-state index in [2.05, 4.69) is 5.32 Å². The molecule has 1 rings (SSSR count). The van der Waals surface area contributed by atoms with Gasteiger partial charge < -0.3 is 10.4 Å². The fourth-order valence-corrected chi connectivity index (χ4v) is 1.62. The number of hydrogen-bond donors (Lipinski definition) is 2. The van der Waals surface area contributed by atoms with E-state index in [1.54, 1.807) is 0 Å². The number of rotatable bonds is 5. The van der Waals surface area contributed by atoms with E-state index < -0.39 is 17.5 Å². The summed E-state index contributed by atoms with van der Waals surface area (Å²) in [6.45, 7) is 3.21. The summed E-state index contributed by atoms with van der Waals surface area (Å²) in [7, 11) is 0. The van der Waals surface area contributed by atoms with Crippen LogP contribution in [-0.4, -0.2) is 23.7 Å². The quantitative estimate of drug-likeness (QED) is 0.849. The van der Waals surface area contributed by atoms with Crippen molar-refractivity contribution in [3.05, 3.63) is 34.9 Å². The molecular formula is C13H17F2NO2. The standard InChI is InChI=1S/C13H17F2NO2/c1-3-9(4-5-17)16-13(18)10-7-11(14)8(2)6-12(10)15/h6-7,9,17H,3-5H2,1-2H3,(H,16,18). The highest BCUT2D eigenvalue weighted by Gasteiger charge is 2.17. The van der Waals surface area contributed by atoms with Crippen molar-refractivity contribution in [1.29, 1.82) is 0 Å². The first kappa shape index (κ1) is 14.6. The molecule has 0 radical (unpaired) electrons. The number of carbonyl (C=O) groups excluding carboxylic acids is 1. The van der Waals surface area contributed by atoms with Crippen LogP contribution < -0.4 is 5.32 Å². The Labute approximate surface area is 105 Å². The molecule has 1 unspecified atom stereocenters. The van der Waals surface area contributed by atoms with Crippen LogP contribution in [0.2, 0.25) is 0 Å². The predicted molar refractivity (Wildman–Crippen MR) is 64.3 cm³/mol. The first-order valence-corrected chi connectivity index (χ1v) is 5.87. The Bertz CT molecular complexity index is 435. The predicted octanol–water partition coefficient (Wildman–Crippen LogP) is 2.16. The number of nitrogens with one attached hydrogen (secondary N) is 1. The topological polar surface area (TPSA) is 49.3 Å². The molecule has 1 amide bonds. The van der Waals surface area contributed by atoms with Gasteiger partial charge in [0.15, 0.2) is 0 Å². The Morgan fingerprint density at radius 3 is 2.61 bits per heavy atom. The van der Waals surface area contributed by atoms with Crippen molar-refractivity contribution in [3.8, 4) is 0 Å². The zero-order chi connectivity index (χ0) is 13.7. The Morgan fingerprint density at radius 1 is 1.39 bits per heavy atom. The molecule has 3 nitrogen and oxygen atoms in total. The number of aliphatic hydroxyl groups excluding tert-OH is 1. The molecule has 0 heterocycles. The first-order valence-electron chi connectivity index (χ1n) is 5.87. The lowest BCUT2D eigenvalue weighted by atomic mass is 10.1. The average Bonchev–Trinajstić information content (AvgIpc) is 2.33. The Morgan fingerprint density at radius 2 is 2.06 bits per heavy atom. The summed E-state index contributed by atoms with van der Waals surface area (Å²) >= 11 is 0. The summed E-state index contributed by atoms with van der Waals surface area (Å²) in [5.74, 6) is -2.02. The molecule has 0 fully saturated rings. The third-order valence-electron chi connectivity index (χ3n) is 2.80. The zero-order valence-corrected chi connectivity index (χ0v) is 10.5. The van der Waals surface area contributed by atoms with E-state index in [1.165, 1.54) is 6.92 Å². The van der Waals surface area contributed by atoms with Gasteiger partial charge in [-0.05, 0) is 37.5 Å². The van der Waals surface area contributed by atoms with Crippen molar-refractivity contribution in [1.82, 2.24) is 5.32 Å². The summed E-state index contributed by atoms with van der Waals surface area (Å²) in [5.41, 5.74) is -0.152. The van der Waals surface area contributed by atoms with Gasteiger partial charge in [0.1, 0.15) is 11.6 Å². The van der Waals surface area contributed by atoms with Crippen LogP contribution in [0.15, 0.2) is 12.1 Å². The molecule has 1 aromatic carbocycles. The number of halogens is 2. The summed E-state index contributed by atoms with van der Waals surface area (Å²) in [5, 5.41) is 11.4. The van der Waals surface area contributed by atoms with Gasteiger partial charge in [-0.3, -0.25) is 4.79 Å². The monoisotopic (exact) mass is 257 g/mol. The van der Waals surface area contributed by atoms with Gasteiger partial charge in [0, 0.05) is 12.6 Å². The number of benzene rings is 1. The molecule has 5 heteroatoms. The van der Waals surface area contributed by atoms with Crippen LogP contribution in [0.25, 0.3) is 0 Å². The van der Waals surface area contributed by atoms with Gasteiger partial charge >= 0.3 is 0 Å². The number of aliphatic hydroxyl groups is 1. The van der Waals surface area contributed by atoms with Crippen LogP contribution in [0.5, 0.6) is 0 Å². The molecule has 18 heavy (non-hydrogen) atoms. The van der Waals surface area contributed by atoms with E-state index in [1.807, 2.05) is 6.92 Å². The first-order chi connectivity index (χ1) is 8.49. The number of aryl methyl sites for hydroxylation is 1. The molecule has 0 aromatic heterocycles. The van der Waals surface area contributed by atoms with Crippen LogP contribution >= 0.6 is 0 Å². The summed E-state index contributed by atoms with van der Waals surface area (Å²) in [4.78, 5) is 11.8. The van der Waals surface area contributed by atoms with Gasteiger partial charge in [-0.2, -0.15) is 0 Å². The summed E-state index contributed by atoms with van der Waals surface area (Å²) < 4.78 is 26.8. The van der Waals surface area contributed by atoms with Crippen LogP contribution in [-0.2, 0) is 0 Å². The molecule has 0 aliphatic carbocycles. The highest BCUT2D eigenvalue weighted by atomic mass is 19.1. The second-order valence-corrected chi connectivity index (χ2v) is 4.17. The van der Waals surface area contributed by atoms with Crippen molar-refractivity contribution in [2.45, 2.75) is 32.7 Å². The molecular weight excluding hydrogens is 240 g/mol. The third kappa shape index (κ3) is 3.50. The lowest BCUT2D eigenvalue weighted by Gasteiger charge is -2.16. The van der Waals surface area contributed by atoms with E-state index in [-0.39, 0.29) is 23.8 Å². The summed E-state index contributed by atoms with van der Waals surface area (Å²) in [6.07, 6.45) is 1.00. The van der Waals surface area contributed by atoms with E-state index >= 15 is 0 Å². The Hall–Kier alpha value is -1.49. The van der Waals surface area contributed by atoms with Gasteiger partial charge in [-0.25, -0.2) is 8.78 Å². The second kappa shape index (κ2) is 6.44. The van der Waals surface area contributed by atoms with Crippen LogP contribution in [0.3, 0.4) is 0 Å². The molecule has 0 saturated carbocycles. The average molecular weight is 257 g/mol. The summed E-state index contributed by atoms with van der Waals surface area (Å²) in [6, 6.07) is 1.65.